The zero-order valence-electron chi connectivity index (χ0n) is 9.91. The van der Waals surface area contributed by atoms with E-state index < -0.39 is 0 Å². The van der Waals surface area contributed by atoms with Crippen LogP contribution in [-0.2, 0) is 4.79 Å². The molecule has 0 aliphatic carbocycles. The van der Waals surface area contributed by atoms with Gasteiger partial charge in [-0.15, -0.1) is 0 Å². The first-order chi connectivity index (χ1) is 8.77. The Morgan fingerprint density at radius 1 is 1.00 bits per heavy atom. The van der Waals surface area contributed by atoms with Crippen LogP contribution in [0.5, 0.6) is 0 Å². The number of hydrogen-bond acceptors (Lipinski definition) is 3. The van der Waals surface area contributed by atoms with Crippen LogP contribution in [0.4, 0.5) is 11.4 Å². The summed E-state index contributed by atoms with van der Waals surface area (Å²) < 4.78 is 0. The highest BCUT2D eigenvalue weighted by molar-refractivity contribution is 5.94. The zero-order valence-corrected chi connectivity index (χ0v) is 9.91. The number of anilines is 2. The van der Waals surface area contributed by atoms with Crippen LogP contribution in [0, 0.1) is 0 Å². The van der Waals surface area contributed by atoms with Gasteiger partial charge in [-0.2, -0.15) is 0 Å². The van der Waals surface area contributed by atoms with Gasteiger partial charge in [0.25, 0.3) is 5.91 Å². The molecule has 0 saturated carbocycles. The molecular weight excluding hydrogens is 226 g/mol. The number of nitrogens with one attached hydrogen (secondary N) is 1. The Balaban J connectivity index is 1.93. The molecule has 0 heterocycles. The molecule has 2 aromatic rings. The smallest absolute Gasteiger partial charge is 0.260 e. The number of nitrogens with zero attached hydrogens (tertiary/aromatic N) is 1. The fourth-order valence-electron chi connectivity index (χ4n) is 1.55. The monoisotopic (exact) mass is 241 g/mol. The van der Waals surface area contributed by atoms with E-state index in [1.165, 1.54) is 0 Å². The maximum absolute atomic E-state index is 11.9. The quantitative estimate of drug-likeness (QED) is 0.489. The van der Waals surface area contributed by atoms with Gasteiger partial charge in [0, 0.05) is 5.69 Å². The lowest BCUT2D eigenvalue weighted by molar-refractivity contribution is -0.117. The highest BCUT2D eigenvalue weighted by atomic mass is 16.2. The van der Waals surface area contributed by atoms with Gasteiger partial charge in [0.2, 0.25) is 0 Å². The molecule has 2 aromatic carbocycles. The molecule has 0 radical (unpaired) electrons. The first-order valence-corrected chi connectivity index (χ1v) is 5.69. The largest absolute Gasteiger partial charge is 0.376 e. The Labute approximate surface area is 106 Å². The van der Waals surface area contributed by atoms with Crippen LogP contribution < -0.4 is 16.2 Å². The summed E-state index contributed by atoms with van der Waals surface area (Å²) in [5.74, 6) is 5.56. The first kappa shape index (κ1) is 12.1. The number of carbonyl (C=O) groups is 1. The Kier molecular flexibility index (Phi) is 3.94. The number of nitrogens with two attached hydrogens (primary N) is 1. The number of benzene rings is 2. The van der Waals surface area contributed by atoms with Crippen molar-refractivity contribution in [3.8, 4) is 0 Å². The van der Waals surface area contributed by atoms with Gasteiger partial charge in [-0.3, -0.25) is 4.79 Å². The normalized spacial score (nSPS) is 9.83. The van der Waals surface area contributed by atoms with E-state index in [0.717, 1.165) is 10.7 Å². The maximum atomic E-state index is 11.9. The second-order valence-corrected chi connectivity index (χ2v) is 3.82. The van der Waals surface area contributed by atoms with Crippen LogP contribution in [0.3, 0.4) is 0 Å². The summed E-state index contributed by atoms with van der Waals surface area (Å²) in [6.07, 6.45) is 0. The predicted molar refractivity (Wildman–Crippen MR) is 73.0 cm³/mol. The number of carbonyl (C=O) groups excluding carboxylic acids is 1. The number of hydrazine groups is 1. The molecular formula is C14H15N3O. The molecule has 3 N–H and O–H groups in total. The molecule has 18 heavy (non-hydrogen) atoms. The summed E-state index contributed by atoms with van der Waals surface area (Å²) in [6, 6.07) is 18.7. The molecule has 4 heteroatoms. The second kappa shape index (κ2) is 5.84. The minimum atomic E-state index is -0.190. The summed E-state index contributed by atoms with van der Waals surface area (Å²) in [7, 11) is 0. The molecule has 92 valence electrons. The van der Waals surface area contributed by atoms with Crippen LogP contribution in [0.1, 0.15) is 0 Å². The molecule has 0 aliphatic heterocycles. The topological polar surface area (TPSA) is 58.4 Å². The molecule has 1 amide bonds. The van der Waals surface area contributed by atoms with Crippen LogP contribution in [0.2, 0.25) is 0 Å². The zero-order chi connectivity index (χ0) is 12.8. The molecule has 4 nitrogen and oxygen atoms in total. The Bertz CT molecular complexity index is 499. The van der Waals surface area contributed by atoms with Crippen molar-refractivity contribution in [3.63, 3.8) is 0 Å². The average Bonchev–Trinajstić information content (AvgIpc) is 2.46. The van der Waals surface area contributed by atoms with Crippen molar-refractivity contribution in [1.82, 2.24) is 0 Å². The SMILES string of the molecule is NN(C(=O)CNc1ccccc1)c1ccccc1. The van der Waals surface area contributed by atoms with Crippen molar-refractivity contribution in [2.75, 3.05) is 16.9 Å². The highest BCUT2D eigenvalue weighted by Crippen LogP contribution is 2.10. The summed E-state index contributed by atoms with van der Waals surface area (Å²) in [6.45, 7) is 0.162. The number of hydrogen-bond donors (Lipinski definition) is 2. The van der Waals surface area contributed by atoms with Gasteiger partial charge in [-0.1, -0.05) is 36.4 Å². The van der Waals surface area contributed by atoms with Crippen molar-refractivity contribution in [2.45, 2.75) is 0 Å². The minimum absolute atomic E-state index is 0.162. The van der Waals surface area contributed by atoms with Gasteiger partial charge in [-0.05, 0) is 24.3 Å². The van der Waals surface area contributed by atoms with Crippen molar-refractivity contribution < 1.29 is 4.79 Å². The van der Waals surface area contributed by atoms with Crippen molar-refractivity contribution in [2.24, 2.45) is 5.84 Å². The highest BCUT2D eigenvalue weighted by Gasteiger charge is 2.10. The van der Waals surface area contributed by atoms with Crippen LogP contribution in [0.25, 0.3) is 0 Å². The molecule has 0 saturated heterocycles. The Morgan fingerprint density at radius 3 is 2.17 bits per heavy atom. The fraction of sp³-hybridized carbons (Fsp3) is 0.0714. The van der Waals surface area contributed by atoms with E-state index in [4.69, 9.17) is 5.84 Å². The summed E-state index contributed by atoms with van der Waals surface area (Å²) in [5, 5.41) is 4.17. The molecule has 0 unspecified atom stereocenters. The van der Waals surface area contributed by atoms with Gasteiger partial charge >= 0.3 is 0 Å². The summed E-state index contributed by atoms with van der Waals surface area (Å²) in [4.78, 5) is 11.9. The lowest BCUT2D eigenvalue weighted by Crippen LogP contribution is -2.41. The Morgan fingerprint density at radius 2 is 1.56 bits per heavy atom. The van der Waals surface area contributed by atoms with Crippen LogP contribution in [-0.4, -0.2) is 12.5 Å². The molecule has 0 aliphatic rings. The van der Waals surface area contributed by atoms with Gasteiger partial charge in [0.05, 0.1) is 12.2 Å². The number of rotatable bonds is 4. The predicted octanol–water partition coefficient (Wildman–Crippen LogP) is 2.01. The van der Waals surface area contributed by atoms with Crippen LogP contribution in [0.15, 0.2) is 60.7 Å². The van der Waals surface area contributed by atoms with E-state index in [-0.39, 0.29) is 12.5 Å². The molecule has 0 atom stereocenters. The van der Waals surface area contributed by atoms with Crippen molar-refractivity contribution in [1.29, 1.82) is 0 Å². The lowest BCUT2D eigenvalue weighted by Gasteiger charge is -2.17. The van der Waals surface area contributed by atoms with E-state index in [9.17, 15) is 4.79 Å². The summed E-state index contributed by atoms with van der Waals surface area (Å²) >= 11 is 0. The number of amides is 1. The second-order valence-electron chi connectivity index (χ2n) is 3.82. The van der Waals surface area contributed by atoms with E-state index in [2.05, 4.69) is 5.32 Å². The van der Waals surface area contributed by atoms with Gasteiger partial charge in [0.15, 0.2) is 0 Å². The van der Waals surface area contributed by atoms with Gasteiger partial charge in [0.1, 0.15) is 0 Å². The van der Waals surface area contributed by atoms with Gasteiger partial charge in [-0.25, -0.2) is 10.9 Å². The van der Waals surface area contributed by atoms with E-state index in [1.54, 1.807) is 12.1 Å². The lowest BCUT2D eigenvalue weighted by atomic mass is 10.3. The Hall–Kier alpha value is -2.33. The van der Waals surface area contributed by atoms with Gasteiger partial charge < -0.3 is 5.32 Å². The molecule has 0 spiro atoms. The van der Waals surface area contributed by atoms with Crippen LogP contribution >= 0.6 is 0 Å². The van der Waals surface area contributed by atoms with E-state index >= 15 is 0 Å². The standard InChI is InChI=1S/C14H15N3O/c15-17(13-9-5-2-6-10-13)14(18)11-16-12-7-3-1-4-8-12/h1-10,16H,11,15H2. The molecule has 0 bridgehead atoms. The first-order valence-electron chi connectivity index (χ1n) is 5.69. The summed E-state index contributed by atoms with van der Waals surface area (Å²) in [5.41, 5.74) is 1.57. The fourth-order valence-corrected chi connectivity index (χ4v) is 1.55. The maximum Gasteiger partial charge on any atom is 0.260 e. The average molecular weight is 241 g/mol. The number of para-hydroxylation sites is 2. The third-order valence-electron chi connectivity index (χ3n) is 2.52. The third-order valence-corrected chi connectivity index (χ3v) is 2.52. The minimum Gasteiger partial charge on any atom is -0.376 e. The van der Waals surface area contributed by atoms with E-state index in [1.807, 2.05) is 48.5 Å². The molecule has 2 rings (SSSR count). The van der Waals surface area contributed by atoms with Crippen molar-refractivity contribution in [3.05, 3.63) is 60.7 Å². The van der Waals surface area contributed by atoms with Crippen molar-refractivity contribution >= 4 is 17.3 Å². The molecule has 0 aromatic heterocycles. The molecule has 0 fully saturated rings. The van der Waals surface area contributed by atoms with E-state index in [0.29, 0.717) is 5.69 Å². The third kappa shape index (κ3) is 3.09.